The first-order valence-electron chi connectivity index (χ1n) is 8.24. The number of amides is 1. The van der Waals surface area contributed by atoms with Gasteiger partial charge in [-0.1, -0.05) is 6.92 Å². The normalized spacial score (nSPS) is 11.4. The minimum atomic E-state index is -0.0381. The Morgan fingerprint density at radius 1 is 1.42 bits per heavy atom. The zero-order chi connectivity index (χ0) is 17.3. The second-order valence-corrected chi connectivity index (χ2v) is 7.11. The molecule has 0 fully saturated rings. The van der Waals surface area contributed by atoms with Gasteiger partial charge in [0.05, 0.1) is 5.69 Å². The third kappa shape index (κ3) is 2.94. The first kappa shape index (κ1) is 16.6. The summed E-state index contributed by atoms with van der Waals surface area (Å²) in [5.74, 6) is -0.0381. The van der Waals surface area contributed by atoms with Crippen molar-refractivity contribution in [3.63, 3.8) is 0 Å². The van der Waals surface area contributed by atoms with E-state index in [2.05, 4.69) is 46.0 Å². The summed E-state index contributed by atoms with van der Waals surface area (Å²) in [5.41, 5.74) is 2.76. The Balaban J connectivity index is 2.07. The zero-order valence-corrected chi connectivity index (χ0v) is 15.3. The maximum atomic E-state index is 12.3. The number of rotatable bonds is 5. The fourth-order valence-corrected chi connectivity index (χ4v) is 3.69. The summed E-state index contributed by atoms with van der Waals surface area (Å²) in [6.45, 7) is 8.88. The van der Waals surface area contributed by atoms with Crippen LogP contribution in [0.2, 0.25) is 0 Å². The summed E-state index contributed by atoms with van der Waals surface area (Å²) in [4.78, 5) is 22.1. The maximum Gasteiger partial charge on any atom is 0.263 e. The molecular weight excluding hydrogens is 320 g/mol. The number of hydrogen-bond donors (Lipinski definition) is 1. The molecule has 6 heteroatoms. The molecular formula is C18H22N4OS. The Hall–Kier alpha value is -2.21. The van der Waals surface area contributed by atoms with Crippen LogP contribution in [-0.4, -0.2) is 27.0 Å². The topological polar surface area (TPSA) is 59.8 Å². The molecule has 3 rings (SSSR count). The molecule has 5 nitrogen and oxygen atoms in total. The van der Waals surface area contributed by atoms with Gasteiger partial charge in [-0.15, -0.1) is 11.3 Å². The molecule has 3 aromatic rings. The number of carbonyl (C=O) groups is 1. The largest absolute Gasteiger partial charge is 0.351 e. The van der Waals surface area contributed by atoms with Gasteiger partial charge in [-0.25, -0.2) is 9.97 Å². The van der Waals surface area contributed by atoms with Crippen LogP contribution in [0.15, 0.2) is 24.5 Å². The molecule has 0 aliphatic rings. The van der Waals surface area contributed by atoms with Gasteiger partial charge in [-0.3, -0.25) is 4.79 Å². The maximum absolute atomic E-state index is 12.3. The highest BCUT2D eigenvalue weighted by Gasteiger charge is 2.19. The van der Waals surface area contributed by atoms with E-state index in [-0.39, 0.29) is 5.91 Å². The molecule has 3 aromatic heterocycles. The quantitative estimate of drug-likeness (QED) is 0.756. The van der Waals surface area contributed by atoms with Crippen LogP contribution in [0.3, 0.4) is 0 Å². The Morgan fingerprint density at radius 2 is 2.21 bits per heavy atom. The molecule has 0 aliphatic carbocycles. The van der Waals surface area contributed by atoms with E-state index in [0.29, 0.717) is 17.5 Å². The molecule has 0 atom stereocenters. The van der Waals surface area contributed by atoms with E-state index in [1.807, 2.05) is 26.1 Å². The molecule has 0 aliphatic heterocycles. The van der Waals surface area contributed by atoms with E-state index in [0.717, 1.165) is 33.7 Å². The van der Waals surface area contributed by atoms with E-state index in [1.165, 1.54) is 11.3 Å². The van der Waals surface area contributed by atoms with E-state index in [1.54, 1.807) is 0 Å². The van der Waals surface area contributed by atoms with E-state index in [9.17, 15) is 4.79 Å². The number of nitrogens with one attached hydrogen (secondary N) is 1. The molecule has 0 aromatic carbocycles. The van der Waals surface area contributed by atoms with Crippen molar-refractivity contribution >= 4 is 28.3 Å². The lowest BCUT2D eigenvalue weighted by atomic mass is 10.2. The lowest BCUT2D eigenvalue weighted by molar-refractivity contribution is 0.0957. The molecule has 0 saturated heterocycles. The lowest BCUT2D eigenvalue weighted by Gasteiger charge is -2.07. The van der Waals surface area contributed by atoms with Crippen LogP contribution in [0.4, 0.5) is 0 Å². The summed E-state index contributed by atoms with van der Waals surface area (Å²) < 4.78 is 2.15. The molecule has 3 heterocycles. The van der Waals surface area contributed by atoms with Crippen molar-refractivity contribution < 1.29 is 4.79 Å². The predicted molar refractivity (Wildman–Crippen MR) is 98.6 cm³/mol. The van der Waals surface area contributed by atoms with Gasteiger partial charge < -0.3 is 9.88 Å². The highest BCUT2D eigenvalue weighted by molar-refractivity contribution is 7.17. The van der Waals surface area contributed by atoms with Crippen LogP contribution < -0.4 is 5.32 Å². The van der Waals surface area contributed by atoms with Crippen molar-refractivity contribution in [1.29, 1.82) is 0 Å². The Kier molecular flexibility index (Phi) is 4.66. The number of hydrogen-bond acceptors (Lipinski definition) is 4. The van der Waals surface area contributed by atoms with Crippen molar-refractivity contribution in [2.24, 2.45) is 0 Å². The predicted octanol–water partition coefficient (Wildman–Crippen LogP) is 4.19. The smallest absolute Gasteiger partial charge is 0.263 e. The SMILES string of the molecule is CCCNC(=O)c1sc(-c2cn(C(C)C)c3ncccc23)nc1C. The van der Waals surface area contributed by atoms with Crippen LogP contribution in [-0.2, 0) is 0 Å². The molecule has 1 N–H and O–H groups in total. The van der Waals surface area contributed by atoms with Crippen LogP contribution in [0.1, 0.15) is 48.6 Å². The first-order chi connectivity index (χ1) is 11.5. The number of pyridine rings is 1. The molecule has 126 valence electrons. The van der Waals surface area contributed by atoms with Crippen molar-refractivity contribution in [3.05, 3.63) is 35.1 Å². The molecule has 0 spiro atoms. The summed E-state index contributed by atoms with van der Waals surface area (Å²) in [7, 11) is 0. The zero-order valence-electron chi connectivity index (χ0n) is 14.5. The minimum absolute atomic E-state index is 0.0381. The summed E-state index contributed by atoms with van der Waals surface area (Å²) in [5, 5.41) is 4.87. The van der Waals surface area contributed by atoms with E-state index >= 15 is 0 Å². The number of aromatic nitrogens is 3. The van der Waals surface area contributed by atoms with Crippen molar-refractivity contribution in [1.82, 2.24) is 19.9 Å². The number of fused-ring (bicyclic) bond motifs is 1. The van der Waals surface area contributed by atoms with Gasteiger partial charge in [0.15, 0.2) is 0 Å². The molecule has 0 bridgehead atoms. The molecule has 24 heavy (non-hydrogen) atoms. The number of aryl methyl sites for hydroxylation is 1. The average molecular weight is 342 g/mol. The lowest BCUT2D eigenvalue weighted by Crippen LogP contribution is -2.23. The van der Waals surface area contributed by atoms with Gasteiger partial charge in [0.2, 0.25) is 0 Å². The Bertz CT molecular complexity index is 878. The monoisotopic (exact) mass is 342 g/mol. The van der Waals surface area contributed by atoms with Crippen LogP contribution in [0, 0.1) is 6.92 Å². The van der Waals surface area contributed by atoms with E-state index < -0.39 is 0 Å². The van der Waals surface area contributed by atoms with Crippen molar-refractivity contribution in [2.45, 2.75) is 40.2 Å². The second kappa shape index (κ2) is 6.73. The fourth-order valence-electron chi connectivity index (χ4n) is 2.69. The second-order valence-electron chi connectivity index (χ2n) is 6.11. The first-order valence-corrected chi connectivity index (χ1v) is 9.06. The van der Waals surface area contributed by atoms with Gasteiger partial charge >= 0.3 is 0 Å². The molecule has 0 radical (unpaired) electrons. The summed E-state index contributed by atoms with van der Waals surface area (Å²) in [6.07, 6.45) is 4.82. The fraction of sp³-hybridized carbons (Fsp3) is 0.389. The van der Waals surface area contributed by atoms with Gasteiger partial charge in [-0.2, -0.15) is 0 Å². The van der Waals surface area contributed by atoms with Crippen LogP contribution in [0.25, 0.3) is 21.6 Å². The Labute approximate surface area is 145 Å². The molecule has 0 saturated carbocycles. The third-order valence-corrected chi connectivity index (χ3v) is 5.10. The van der Waals surface area contributed by atoms with Gasteiger partial charge in [0.1, 0.15) is 15.5 Å². The van der Waals surface area contributed by atoms with Crippen molar-refractivity contribution in [2.75, 3.05) is 6.54 Å². The molecule has 1 amide bonds. The van der Waals surface area contributed by atoms with Crippen LogP contribution in [0.5, 0.6) is 0 Å². The average Bonchev–Trinajstić information content (AvgIpc) is 3.13. The molecule has 0 unspecified atom stereocenters. The highest BCUT2D eigenvalue weighted by atomic mass is 32.1. The third-order valence-electron chi connectivity index (χ3n) is 3.91. The minimum Gasteiger partial charge on any atom is -0.351 e. The number of nitrogens with zero attached hydrogens (tertiary/aromatic N) is 3. The van der Waals surface area contributed by atoms with Crippen molar-refractivity contribution in [3.8, 4) is 10.6 Å². The number of carbonyl (C=O) groups excluding carboxylic acids is 1. The number of thiazole rings is 1. The summed E-state index contributed by atoms with van der Waals surface area (Å²) >= 11 is 1.45. The standard InChI is InChI=1S/C18H22N4OS/c1-5-8-20-17(23)15-12(4)21-18(24-15)14-10-22(11(2)3)16-13(14)7-6-9-19-16/h6-7,9-11H,5,8H2,1-4H3,(H,20,23). The Morgan fingerprint density at radius 3 is 2.92 bits per heavy atom. The van der Waals surface area contributed by atoms with Gasteiger partial charge in [0, 0.05) is 35.9 Å². The van der Waals surface area contributed by atoms with Gasteiger partial charge in [-0.05, 0) is 39.3 Å². The highest BCUT2D eigenvalue weighted by Crippen LogP contribution is 2.35. The summed E-state index contributed by atoms with van der Waals surface area (Å²) in [6, 6.07) is 4.31. The van der Waals surface area contributed by atoms with Gasteiger partial charge in [0.25, 0.3) is 5.91 Å². The van der Waals surface area contributed by atoms with Crippen LogP contribution >= 0.6 is 11.3 Å². The van der Waals surface area contributed by atoms with E-state index in [4.69, 9.17) is 0 Å².